The van der Waals surface area contributed by atoms with Crippen LogP contribution in [-0.2, 0) is 15.0 Å². The van der Waals surface area contributed by atoms with Crippen LogP contribution >= 0.6 is 0 Å². The van der Waals surface area contributed by atoms with E-state index < -0.39 is 47.2 Å². The number of hydrogen-bond acceptors (Lipinski definition) is 8. The van der Waals surface area contributed by atoms with E-state index in [0.29, 0.717) is 0 Å². The van der Waals surface area contributed by atoms with Crippen molar-refractivity contribution in [2.45, 2.75) is 30.3 Å². The normalized spacial score (nSPS) is 41.2. The van der Waals surface area contributed by atoms with Crippen LogP contribution in [-0.4, -0.2) is 105 Å². The molecule has 1 fully saturated rings. The molecule has 7 N–H and O–H groups in total. The molecule has 0 aromatic carbocycles. The van der Waals surface area contributed by atoms with Crippen LogP contribution < -0.4 is 4.72 Å². The van der Waals surface area contributed by atoms with Crippen LogP contribution in [0.25, 0.3) is 0 Å². The minimum absolute atomic E-state index is 0. The van der Waals surface area contributed by atoms with Crippen LogP contribution in [0.3, 0.4) is 0 Å². The predicted molar refractivity (Wildman–Crippen MR) is 56.8 cm³/mol. The second-order valence-corrected chi connectivity index (χ2v) is 4.69. The summed E-state index contributed by atoms with van der Waals surface area (Å²) in [5.74, 6) is 0. The van der Waals surface area contributed by atoms with Crippen molar-refractivity contribution in [2.24, 2.45) is 0 Å². The van der Waals surface area contributed by atoms with Gasteiger partial charge in [0.05, 0.1) is 6.61 Å². The molecule has 0 aliphatic carbocycles. The summed E-state index contributed by atoms with van der Waals surface area (Å²) in [6.45, 7) is -0.861. The van der Waals surface area contributed by atoms with Crippen molar-refractivity contribution in [3.8, 4) is 0 Å². The number of ether oxygens (including phenoxy) is 1. The third kappa shape index (κ3) is 3.82. The van der Waals surface area contributed by atoms with Gasteiger partial charge in [0.1, 0.15) is 12.2 Å². The van der Waals surface area contributed by atoms with Crippen molar-refractivity contribution in [2.75, 3.05) is 6.61 Å². The first-order valence-electron chi connectivity index (χ1n) is 4.41. The molecule has 0 bridgehead atoms. The second kappa shape index (κ2) is 6.39. The van der Waals surface area contributed by atoms with Crippen molar-refractivity contribution in [3.63, 3.8) is 0 Å². The molecule has 1 saturated heterocycles. The van der Waals surface area contributed by atoms with Crippen LogP contribution in [0.4, 0.5) is 0 Å². The molecular weight excluding hydrogens is 285 g/mol. The third-order valence-corrected chi connectivity index (χ3v) is 2.90. The number of nitrogens with one attached hydrogen (secondary N) is 1. The zero-order valence-corrected chi connectivity index (χ0v) is 9.15. The monoisotopic (exact) mass is 299 g/mol. The quantitative estimate of drug-likeness (QED) is 0.152. The number of rotatable bonds is 3. The van der Waals surface area contributed by atoms with E-state index in [1.807, 2.05) is 0 Å². The molecule has 1 heterocycles. The fourth-order valence-electron chi connectivity index (χ4n) is 1.47. The van der Waals surface area contributed by atoms with Gasteiger partial charge in [-0.15, -0.1) is 0 Å². The Morgan fingerprint density at radius 3 is 2.11 bits per heavy atom. The van der Waals surface area contributed by atoms with Crippen molar-refractivity contribution in [1.82, 2.24) is 4.72 Å². The Balaban J connectivity index is 0.00000289. The first kappa shape index (κ1) is 18.6. The topological polar surface area (TPSA) is 177 Å². The van der Waals surface area contributed by atoms with Crippen LogP contribution in [0.15, 0.2) is 0 Å². The van der Waals surface area contributed by atoms with Crippen molar-refractivity contribution < 1.29 is 43.2 Å². The summed E-state index contributed by atoms with van der Waals surface area (Å²) >= 11 is 0. The molecule has 5 atom stereocenters. The summed E-state index contributed by atoms with van der Waals surface area (Å²) in [5.41, 5.74) is -2.99. The van der Waals surface area contributed by atoms with Gasteiger partial charge in [-0.1, -0.05) is 0 Å². The summed E-state index contributed by atoms with van der Waals surface area (Å²) in [7, 11) is -4.97. The molecule has 18 heavy (non-hydrogen) atoms. The molecule has 0 aromatic heterocycles. The molecule has 1 rings (SSSR count). The molecule has 104 valence electrons. The Bertz CT molecular complexity index is 377. The first-order chi connectivity index (χ1) is 7.62. The van der Waals surface area contributed by atoms with E-state index in [0.717, 1.165) is 4.72 Å². The number of aliphatic hydroxyl groups excluding tert-OH is 4. The summed E-state index contributed by atoms with van der Waals surface area (Å²) < 4.78 is 35.3. The Morgan fingerprint density at radius 2 is 1.72 bits per heavy atom. The zero-order chi connectivity index (χ0) is 13.4. The van der Waals surface area contributed by atoms with Gasteiger partial charge in [0, 0.05) is 0 Å². The number of hydrogen-bond donors (Lipinski definition) is 7. The van der Waals surface area contributed by atoms with Gasteiger partial charge in [-0.2, -0.15) is 13.1 Å². The molecule has 10 nitrogen and oxygen atoms in total. The van der Waals surface area contributed by atoms with E-state index in [1.54, 1.807) is 0 Å². The molecule has 1 aliphatic heterocycles. The summed E-state index contributed by atoms with van der Waals surface area (Å²) in [6.07, 6.45) is -7.97. The fraction of sp³-hybridized carbons (Fsp3) is 1.00. The molecule has 0 amide bonds. The molecule has 12 heteroatoms. The van der Waals surface area contributed by atoms with E-state index >= 15 is 0 Å². The van der Waals surface area contributed by atoms with Gasteiger partial charge in [-0.25, -0.2) is 0 Å². The molecule has 0 spiro atoms. The van der Waals surface area contributed by atoms with Gasteiger partial charge in [-0.3, -0.25) is 4.55 Å². The summed E-state index contributed by atoms with van der Waals surface area (Å²) in [5, 5.41) is 46.5. The number of aliphatic hydroxyl groups is 5. The van der Waals surface area contributed by atoms with E-state index in [9.17, 15) is 23.7 Å². The van der Waals surface area contributed by atoms with Crippen LogP contribution in [0.2, 0.25) is 0 Å². The fourth-order valence-corrected chi connectivity index (χ4v) is 2.13. The van der Waals surface area contributed by atoms with Gasteiger partial charge in [-0.05, 0) is 0 Å². The van der Waals surface area contributed by atoms with Crippen molar-refractivity contribution in [1.29, 1.82) is 0 Å². The maximum absolute atomic E-state index is 10.6. The first-order valence-corrected chi connectivity index (χ1v) is 5.85. The van der Waals surface area contributed by atoms with Gasteiger partial charge < -0.3 is 30.3 Å². The molecule has 0 unspecified atom stereocenters. The Labute approximate surface area is 124 Å². The minimum atomic E-state index is -4.97. The van der Waals surface area contributed by atoms with Gasteiger partial charge in [0.2, 0.25) is 0 Å². The van der Waals surface area contributed by atoms with Gasteiger partial charge >= 0.3 is 39.9 Å². The second-order valence-electron chi connectivity index (χ2n) is 3.54. The zero-order valence-electron chi connectivity index (χ0n) is 8.33. The summed E-state index contributed by atoms with van der Waals surface area (Å²) in [6, 6.07) is 0. The molecule has 1 aliphatic rings. The standard InChI is InChI=1S/C6H13NO9S.Na.H/c8-1-2-3(9)6(12,7-17(13,14)15)4(10)5(11)16-2;;/h2-5,7-12H,1H2,(H,13,14,15);;/t2-,3-,4-,5+,6-;;/m1../s1. The van der Waals surface area contributed by atoms with E-state index in [2.05, 4.69) is 4.74 Å². The van der Waals surface area contributed by atoms with Crippen LogP contribution in [0.5, 0.6) is 0 Å². The predicted octanol–water partition coefficient (Wildman–Crippen LogP) is -5.15. The summed E-state index contributed by atoms with van der Waals surface area (Å²) in [4.78, 5) is 0. The average Bonchev–Trinajstić information content (AvgIpc) is 2.19. The van der Waals surface area contributed by atoms with Crippen molar-refractivity contribution >= 4 is 39.9 Å². The average molecular weight is 299 g/mol. The maximum atomic E-state index is 10.6. The van der Waals surface area contributed by atoms with E-state index in [-0.39, 0.29) is 29.6 Å². The van der Waals surface area contributed by atoms with Gasteiger partial charge in [0.25, 0.3) is 0 Å². The molecule has 0 saturated carbocycles. The van der Waals surface area contributed by atoms with Crippen molar-refractivity contribution in [3.05, 3.63) is 0 Å². The SMILES string of the molecule is O=S(=O)(O)N[C@]1(O)[C@H](O)[C@@H](O)O[C@H](CO)[C@H]1O.[NaH]. The van der Waals surface area contributed by atoms with E-state index in [4.69, 9.17) is 14.8 Å². The Morgan fingerprint density at radius 1 is 1.22 bits per heavy atom. The third-order valence-electron chi connectivity index (χ3n) is 2.31. The van der Waals surface area contributed by atoms with Crippen LogP contribution in [0.1, 0.15) is 0 Å². The Kier molecular flexibility index (Phi) is 6.61. The van der Waals surface area contributed by atoms with E-state index in [1.165, 1.54) is 0 Å². The Hall–Kier alpha value is 0.630. The molecule has 0 radical (unpaired) electrons. The van der Waals surface area contributed by atoms with Gasteiger partial charge in [0.15, 0.2) is 18.1 Å². The van der Waals surface area contributed by atoms with Crippen LogP contribution in [0, 0.1) is 0 Å². The molecular formula is C6H14NNaO9S. The molecule has 0 aromatic rings.